The van der Waals surface area contributed by atoms with Crippen molar-refractivity contribution in [3.8, 4) is 11.5 Å². The maximum atomic E-state index is 12.2. The fraction of sp³-hybridized carbons (Fsp3) is 0.174. The molecule has 138 valence electrons. The third kappa shape index (κ3) is 4.88. The minimum Gasteiger partial charge on any atom is -0.490 e. The first kappa shape index (κ1) is 18.5. The fourth-order valence-corrected chi connectivity index (χ4v) is 2.79. The number of hydrogen-bond donors (Lipinski definition) is 1. The lowest BCUT2D eigenvalue weighted by molar-refractivity contribution is -0.111. The van der Waals surface area contributed by atoms with Crippen LogP contribution in [0, 0.1) is 0 Å². The number of amides is 1. The lowest BCUT2D eigenvalue weighted by Crippen LogP contribution is -2.07. The van der Waals surface area contributed by atoms with E-state index in [9.17, 15) is 4.79 Å². The van der Waals surface area contributed by atoms with Crippen molar-refractivity contribution in [3.63, 3.8) is 0 Å². The van der Waals surface area contributed by atoms with E-state index in [2.05, 4.69) is 5.32 Å². The lowest BCUT2D eigenvalue weighted by Gasteiger charge is -2.11. The number of hydrogen-bond acceptors (Lipinski definition) is 3. The van der Waals surface area contributed by atoms with E-state index in [-0.39, 0.29) is 5.91 Å². The Hall–Kier alpha value is -3.27. The number of benzene rings is 3. The highest BCUT2D eigenvalue weighted by atomic mass is 16.5. The van der Waals surface area contributed by atoms with Crippen LogP contribution in [0.1, 0.15) is 19.4 Å². The predicted octanol–water partition coefficient (Wildman–Crippen LogP) is 5.29. The molecule has 4 heteroatoms. The number of carbonyl (C=O) groups is 1. The highest BCUT2D eigenvalue weighted by Gasteiger charge is 2.05. The lowest BCUT2D eigenvalue weighted by atomic mass is 10.1. The van der Waals surface area contributed by atoms with Gasteiger partial charge in [-0.2, -0.15) is 0 Å². The second kappa shape index (κ2) is 8.90. The zero-order valence-electron chi connectivity index (χ0n) is 15.6. The molecule has 0 fully saturated rings. The summed E-state index contributed by atoms with van der Waals surface area (Å²) in [5, 5.41) is 5.13. The van der Waals surface area contributed by atoms with E-state index in [0.29, 0.717) is 24.7 Å². The molecule has 0 heterocycles. The van der Waals surface area contributed by atoms with Crippen molar-refractivity contribution in [2.45, 2.75) is 13.8 Å². The van der Waals surface area contributed by atoms with Gasteiger partial charge in [0.15, 0.2) is 11.5 Å². The Morgan fingerprint density at radius 3 is 2.41 bits per heavy atom. The van der Waals surface area contributed by atoms with Crippen LogP contribution in [-0.2, 0) is 4.79 Å². The van der Waals surface area contributed by atoms with Crippen molar-refractivity contribution in [2.75, 3.05) is 18.5 Å². The standard InChI is InChI=1S/C23H23NO3/c1-3-26-21-13-9-17(15-22(21)27-4-2)10-14-23(25)24-20-12-11-18-7-5-6-8-19(18)16-20/h5-16H,3-4H2,1-2H3,(H,24,25)/b14-10+. The van der Waals surface area contributed by atoms with Gasteiger partial charge in [0, 0.05) is 11.8 Å². The van der Waals surface area contributed by atoms with Gasteiger partial charge in [-0.15, -0.1) is 0 Å². The summed E-state index contributed by atoms with van der Waals surface area (Å²) >= 11 is 0. The summed E-state index contributed by atoms with van der Waals surface area (Å²) in [6.07, 6.45) is 3.27. The molecule has 3 aromatic rings. The van der Waals surface area contributed by atoms with E-state index in [1.807, 2.05) is 74.5 Å². The molecule has 0 radical (unpaired) electrons. The fourth-order valence-electron chi connectivity index (χ4n) is 2.79. The number of carbonyl (C=O) groups excluding carboxylic acids is 1. The van der Waals surface area contributed by atoms with Crippen LogP contribution in [0.25, 0.3) is 16.8 Å². The third-order valence-electron chi connectivity index (χ3n) is 4.01. The summed E-state index contributed by atoms with van der Waals surface area (Å²) in [5.74, 6) is 1.20. The van der Waals surface area contributed by atoms with Crippen molar-refractivity contribution < 1.29 is 14.3 Å². The SMILES string of the molecule is CCOc1ccc(/C=C/C(=O)Nc2ccc3ccccc3c2)cc1OCC. The summed E-state index contributed by atoms with van der Waals surface area (Å²) in [5.41, 5.74) is 1.64. The Balaban J connectivity index is 1.70. The van der Waals surface area contributed by atoms with Gasteiger partial charge in [-0.25, -0.2) is 0 Å². The molecule has 0 bridgehead atoms. The van der Waals surface area contributed by atoms with Gasteiger partial charge in [0.2, 0.25) is 5.91 Å². The van der Waals surface area contributed by atoms with Crippen molar-refractivity contribution >= 4 is 28.4 Å². The maximum absolute atomic E-state index is 12.2. The van der Waals surface area contributed by atoms with Gasteiger partial charge in [-0.05, 0) is 60.5 Å². The normalized spacial score (nSPS) is 10.9. The molecule has 4 nitrogen and oxygen atoms in total. The molecule has 0 saturated heterocycles. The van der Waals surface area contributed by atoms with Crippen LogP contribution in [-0.4, -0.2) is 19.1 Å². The minimum atomic E-state index is -0.183. The van der Waals surface area contributed by atoms with Crippen LogP contribution < -0.4 is 14.8 Å². The molecule has 0 atom stereocenters. The quantitative estimate of drug-likeness (QED) is 0.582. The molecule has 0 unspecified atom stereocenters. The van der Waals surface area contributed by atoms with E-state index in [1.54, 1.807) is 6.08 Å². The molecule has 0 aliphatic carbocycles. The van der Waals surface area contributed by atoms with Crippen molar-refractivity contribution in [1.29, 1.82) is 0 Å². The van der Waals surface area contributed by atoms with E-state index in [1.165, 1.54) is 6.08 Å². The van der Waals surface area contributed by atoms with Gasteiger partial charge < -0.3 is 14.8 Å². The molecule has 0 spiro atoms. The maximum Gasteiger partial charge on any atom is 0.248 e. The molecule has 1 amide bonds. The summed E-state index contributed by atoms with van der Waals surface area (Å²) in [4.78, 5) is 12.2. The molecular formula is C23H23NO3. The largest absolute Gasteiger partial charge is 0.490 e. The molecule has 1 N–H and O–H groups in total. The average Bonchev–Trinajstić information content (AvgIpc) is 2.68. The zero-order chi connectivity index (χ0) is 19.1. The van der Waals surface area contributed by atoms with Crippen LogP contribution in [0.15, 0.2) is 66.7 Å². The molecule has 0 aliphatic rings. The van der Waals surface area contributed by atoms with Crippen LogP contribution in [0.3, 0.4) is 0 Å². The summed E-state index contributed by atoms with van der Waals surface area (Å²) in [6.45, 7) is 4.98. The van der Waals surface area contributed by atoms with Gasteiger partial charge in [0.05, 0.1) is 13.2 Å². The number of fused-ring (bicyclic) bond motifs is 1. The number of nitrogens with one attached hydrogen (secondary N) is 1. The van der Waals surface area contributed by atoms with Crippen LogP contribution >= 0.6 is 0 Å². The predicted molar refractivity (Wildman–Crippen MR) is 110 cm³/mol. The molecule has 3 aromatic carbocycles. The summed E-state index contributed by atoms with van der Waals surface area (Å²) < 4.78 is 11.2. The Labute approximate surface area is 159 Å². The molecule has 0 aromatic heterocycles. The molecule has 0 aliphatic heterocycles. The molecule has 27 heavy (non-hydrogen) atoms. The van der Waals surface area contributed by atoms with Crippen molar-refractivity contribution in [2.24, 2.45) is 0 Å². The Morgan fingerprint density at radius 1 is 0.889 bits per heavy atom. The first-order valence-corrected chi connectivity index (χ1v) is 9.07. The van der Waals surface area contributed by atoms with Gasteiger partial charge >= 0.3 is 0 Å². The van der Waals surface area contributed by atoms with E-state index in [0.717, 1.165) is 22.0 Å². The second-order valence-electron chi connectivity index (χ2n) is 5.96. The second-order valence-corrected chi connectivity index (χ2v) is 5.96. The third-order valence-corrected chi connectivity index (χ3v) is 4.01. The van der Waals surface area contributed by atoms with E-state index < -0.39 is 0 Å². The monoisotopic (exact) mass is 361 g/mol. The first-order chi connectivity index (χ1) is 13.2. The van der Waals surface area contributed by atoms with Crippen molar-refractivity contribution in [1.82, 2.24) is 0 Å². The number of anilines is 1. The van der Waals surface area contributed by atoms with Gasteiger partial charge in [0.25, 0.3) is 0 Å². The van der Waals surface area contributed by atoms with Gasteiger partial charge in [-0.3, -0.25) is 4.79 Å². The zero-order valence-corrected chi connectivity index (χ0v) is 15.6. The Morgan fingerprint density at radius 2 is 1.63 bits per heavy atom. The number of rotatable bonds is 7. The topological polar surface area (TPSA) is 47.6 Å². The summed E-state index contributed by atoms with van der Waals surface area (Å²) in [7, 11) is 0. The minimum absolute atomic E-state index is 0.183. The first-order valence-electron chi connectivity index (χ1n) is 9.07. The van der Waals surface area contributed by atoms with Gasteiger partial charge in [0.1, 0.15) is 0 Å². The van der Waals surface area contributed by atoms with Gasteiger partial charge in [-0.1, -0.05) is 36.4 Å². The smallest absolute Gasteiger partial charge is 0.248 e. The molecular weight excluding hydrogens is 338 g/mol. The van der Waals surface area contributed by atoms with E-state index >= 15 is 0 Å². The van der Waals surface area contributed by atoms with Crippen LogP contribution in [0.4, 0.5) is 5.69 Å². The van der Waals surface area contributed by atoms with Crippen molar-refractivity contribution in [3.05, 3.63) is 72.3 Å². The highest BCUT2D eigenvalue weighted by molar-refractivity contribution is 6.03. The molecule has 0 saturated carbocycles. The number of ether oxygens (including phenoxy) is 2. The average molecular weight is 361 g/mol. The van der Waals surface area contributed by atoms with Crippen LogP contribution in [0.5, 0.6) is 11.5 Å². The molecule has 3 rings (SSSR count). The Bertz CT molecular complexity index is 963. The van der Waals surface area contributed by atoms with E-state index in [4.69, 9.17) is 9.47 Å². The van der Waals surface area contributed by atoms with Crippen LogP contribution in [0.2, 0.25) is 0 Å². The Kier molecular flexibility index (Phi) is 6.10. The highest BCUT2D eigenvalue weighted by Crippen LogP contribution is 2.29. The summed E-state index contributed by atoms with van der Waals surface area (Å²) in [6, 6.07) is 19.5.